The second kappa shape index (κ2) is 6.97. The van der Waals surface area contributed by atoms with Gasteiger partial charge in [0.1, 0.15) is 10.7 Å². The van der Waals surface area contributed by atoms with E-state index in [9.17, 15) is 4.79 Å². The molecule has 0 atom stereocenters. The Bertz CT molecular complexity index is 1010. The van der Waals surface area contributed by atoms with E-state index in [1.807, 2.05) is 29.7 Å². The Hall–Kier alpha value is -1.98. The van der Waals surface area contributed by atoms with Crippen molar-refractivity contribution in [2.75, 3.05) is 13.1 Å². The number of fused-ring (bicyclic) bond motifs is 1. The Balaban J connectivity index is 1.94. The summed E-state index contributed by atoms with van der Waals surface area (Å²) in [6.45, 7) is 9.07. The van der Waals surface area contributed by atoms with Crippen LogP contribution >= 0.6 is 11.3 Å². The number of piperidine rings is 1. The molecule has 0 radical (unpaired) electrons. The van der Waals surface area contributed by atoms with Crippen LogP contribution < -0.4 is 5.56 Å². The van der Waals surface area contributed by atoms with Crippen LogP contribution in [0.2, 0.25) is 0 Å². The summed E-state index contributed by atoms with van der Waals surface area (Å²) in [4.78, 5) is 22.9. The van der Waals surface area contributed by atoms with Crippen LogP contribution in [0.25, 0.3) is 15.9 Å². The first-order chi connectivity index (χ1) is 12.6. The number of benzene rings is 1. The number of nitrogens with zero attached hydrogens (tertiary/aromatic N) is 3. The molecule has 1 aliphatic heterocycles. The van der Waals surface area contributed by atoms with E-state index < -0.39 is 0 Å². The maximum atomic E-state index is 13.5. The predicted molar refractivity (Wildman–Crippen MR) is 109 cm³/mol. The van der Waals surface area contributed by atoms with Gasteiger partial charge in [0.05, 0.1) is 17.6 Å². The van der Waals surface area contributed by atoms with Crippen LogP contribution in [0.4, 0.5) is 0 Å². The summed E-state index contributed by atoms with van der Waals surface area (Å²) in [5.74, 6) is 0.861. The van der Waals surface area contributed by atoms with Crippen molar-refractivity contribution in [2.24, 2.45) is 0 Å². The maximum Gasteiger partial charge on any atom is 0.267 e. The highest BCUT2D eigenvalue weighted by Crippen LogP contribution is 2.28. The summed E-state index contributed by atoms with van der Waals surface area (Å²) >= 11 is 1.63. The third-order valence-electron chi connectivity index (χ3n) is 5.44. The molecule has 3 aromatic rings. The topological polar surface area (TPSA) is 38.1 Å². The summed E-state index contributed by atoms with van der Waals surface area (Å²) in [5, 5.41) is 0.776. The summed E-state index contributed by atoms with van der Waals surface area (Å²) in [7, 11) is 0. The van der Waals surface area contributed by atoms with Crippen LogP contribution in [0.5, 0.6) is 0 Å². The summed E-state index contributed by atoms with van der Waals surface area (Å²) in [6.07, 6.45) is 3.76. The molecule has 4 rings (SSSR count). The normalized spacial score (nSPS) is 15.7. The molecule has 1 aliphatic rings. The molecular formula is C21H25N3OS. The van der Waals surface area contributed by atoms with Gasteiger partial charge >= 0.3 is 0 Å². The van der Waals surface area contributed by atoms with Crippen molar-refractivity contribution < 1.29 is 0 Å². The molecular weight excluding hydrogens is 342 g/mol. The first kappa shape index (κ1) is 17.4. The van der Waals surface area contributed by atoms with E-state index in [0.29, 0.717) is 0 Å². The fourth-order valence-corrected chi connectivity index (χ4v) is 4.86. The van der Waals surface area contributed by atoms with Crippen molar-refractivity contribution in [1.29, 1.82) is 0 Å². The summed E-state index contributed by atoms with van der Waals surface area (Å²) in [5.41, 5.74) is 3.18. The van der Waals surface area contributed by atoms with Crippen LogP contribution in [0.15, 0.2) is 29.1 Å². The number of aryl methyl sites for hydroxylation is 3. The molecule has 0 unspecified atom stereocenters. The highest BCUT2D eigenvalue weighted by molar-refractivity contribution is 7.18. The smallest absolute Gasteiger partial charge is 0.267 e. The number of hydrogen-bond acceptors (Lipinski definition) is 4. The average molecular weight is 368 g/mol. The van der Waals surface area contributed by atoms with E-state index >= 15 is 0 Å². The van der Waals surface area contributed by atoms with E-state index in [0.717, 1.165) is 52.5 Å². The zero-order valence-corrected chi connectivity index (χ0v) is 16.5. The molecule has 1 aromatic carbocycles. The molecule has 1 fully saturated rings. The number of likely N-dealkylation sites (tertiary alicyclic amines) is 1. The molecule has 0 N–H and O–H groups in total. The molecule has 1 saturated heterocycles. The molecule has 0 spiro atoms. The number of para-hydroxylation sites is 1. The molecule has 136 valence electrons. The second-order valence-electron chi connectivity index (χ2n) is 7.26. The predicted octanol–water partition coefficient (Wildman–Crippen LogP) is 4.36. The van der Waals surface area contributed by atoms with Crippen molar-refractivity contribution in [3.05, 3.63) is 56.4 Å². The molecule has 26 heavy (non-hydrogen) atoms. The SMILES string of the molecule is Cc1ccccc1-n1c(CN2CCCCC2)nc2sc(C)c(C)c2c1=O. The second-order valence-corrected chi connectivity index (χ2v) is 8.46. The summed E-state index contributed by atoms with van der Waals surface area (Å²) in [6, 6.07) is 8.09. The zero-order valence-electron chi connectivity index (χ0n) is 15.7. The molecule has 2 aromatic heterocycles. The van der Waals surface area contributed by atoms with Gasteiger partial charge in [-0.2, -0.15) is 0 Å². The van der Waals surface area contributed by atoms with Crippen LogP contribution in [-0.4, -0.2) is 27.5 Å². The maximum absolute atomic E-state index is 13.5. The van der Waals surface area contributed by atoms with Crippen molar-refractivity contribution in [2.45, 2.75) is 46.6 Å². The van der Waals surface area contributed by atoms with Crippen LogP contribution in [0, 0.1) is 20.8 Å². The third-order valence-corrected chi connectivity index (χ3v) is 6.54. The van der Waals surface area contributed by atoms with Gasteiger partial charge in [-0.15, -0.1) is 11.3 Å². The minimum atomic E-state index is 0.0677. The molecule has 5 heteroatoms. The van der Waals surface area contributed by atoms with E-state index in [2.05, 4.69) is 24.8 Å². The highest BCUT2D eigenvalue weighted by Gasteiger charge is 2.20. The molecule has 4 nitrogen and oxygen atoms in total. The van der Waals surface area contributed by atoms with E-state index in [4.69, 9.17) is 4.98 Å². The first-order valence-electron chi connectivity index (χ1n) is 9.36. The number of aromatic nitrogens is 2. The van der Waals surface area contributed by atoms with Crippen molar-refractivity contribution >= 4 is 21.6 Å². The molecule has 0 aliphatic carbocycles. The molecule has 0 amide bonds. The Labute approximate surface area is 158 Å². The molecule has 0 bridgehead atoms. The van der Waals surface area contributed by atoms with Gasteiger partial charge < -0.3 is 0 Å². The van der Waals surface area contributed by atoms with Crippen LogP contribution in [0.3, 0.4) is 0 Å². The average Bonchev–Trinajstić information content (AvgIpc) is 2.91. The quantitative estimate of drug-likeness (QED) is 0.690. The van der Waals surface area contributed by atoms with Gasteiger partial charge in [0, 0.05) is 4.88 Å². The lowest BCUT2D eigenvalue weighted by atomic mass is 10.1. The Morgan fingerprint density at radius 3 is 2.54 bits per heavy atom. The van der Waals surface area contributed by atoms with Gasteiger partial charge in [0.25, 0.3) is 5.56 Å². The number of hydrogen-bond donors (Lipinski definition) is 0. The lowest BCUT2D eigenvalue weighted by molar-refractivity contribution is 0.214. The number of rotatable bonds is 3. The Kier molecular flexibility index (Phi) is 4.67. The van der Waals surface area contributed by atoms with E-state index in [1.54, 1.807) is 11.3 Å². The van der Waals surface area contributed by atoms with Crippen LogP contribution in [-0.2, 0) is 6.54 Å². The lowest BCUT2D eigenvalue weighted by Gasteiger charge is -2.27. The zero-order chi connectivity index (χ0) is 18.3. The lowest BCUT2D eigenvalue weighted by Crippen LogP contribution is -2.33. The van der Waals surface area contributed by atoms with Gasteiger partial charge in [0.15, 0.2) is 0 Å². The van der Waals surface area contributed by atoms with Crippen molar-refractivity contribution in [3.63, 3.8) is 0 Å². The fourth-order valence-electron chi connectivity index (χ4n) is 3.82. The molecule has 3 heterocycles. The minimum Gasteiger partial charge on any atom is -0.296 e. The van der Waals surface area contributed by atoms with Crippen molar-refractivity contribution in [1.82, 2.24) is 14.5 Å². The Morgan fingerprint density at radius 2 is 1.81 bits per heavy atom. The fraction of sp³-hybridized carbons (Fsp3) is 0.429. The first-order valence-corrected chi connectivity index (χ1v) is 10.2. The van der Waals surface area contributed by atoms with Gasteiger partial charge in [-0.3, -0.25) is 14.3 Å². The van der Waals surface area contributed by atoms with Gasteiger partial charge in [0.2, 0.25) is 0 Å². The largest absolute Gasteiger partial charge is 0.296 e. The van der Waals surface area contributed by atoms with E-state index in [-0.39, 0.29) is 5.56 Å². The monoisotopic (exact) mass is 367 g/mol. The van der Waals surface area contributed by atoms with Crippen molar-refractivity contribution in [3.8, 4) is 5.69 Å². The minimum absolute atomic E-state index is 0.0677. The number of thiophene rings is 1. The Morgan fingerprint density at radius 1 is 1.08 bits per heavy atom. The van der Waals surface area contributed by atoms with Crippen LogP contribution in [0.1, 0.15) is 41.1 Å². The van der Waals surface area contributed by atoms with E-state index in [1.165, 1.54) is 24.1 Å². The standard InChI is InChI=1S/C21H25N3OS/c1-14-9-5-6-10-17(14)24-18(13-23-11-7-4-8-12-23)22-20-19(21(24)25)15(2)16(3)26-20/h5-6,9-10H,4,7-8,11-13H2,1-3H3. The highest BCUT2D eigenvalue weighted by atomic mass is 32.1. The summed E-state index contributed by atoms with van der Waals surface area (Å²) < 4.78 is 1.85. The van der Waals surface area contributed by atoms with Gasteiger partial charge in [-0.25, -0.2) is 4.98 Å². The van der Waals surface area contributed by atoms with Gasteiger partial charge in [-0.1, -0.05) is 24.6 Å². The molecule has 0 saturated carbocycles. The van der Waals surface area contributed by atoms with Gasteiger partial charge in [-0.05, 0) is 63.9 Å². The third kappa shape index (κ3) is 2.99.